The van der Waals surface area contributed by atoms with E-state index in [0.29, 0.717) is 16.9 Å². The summed E-state index contributed by atoms with van der Waals surface area (Å²) >= 11 is 0. The Morgan fingerprint density at radius 2 is 1.73 bits per heavy atom. The van der Waals surface area contributed by atoms with Crippen LogP contribution in [-0.4, -0.2) is 18.5 Å². The Kier molecular flexibility index (Phi) is 5.08. The third-order valence-electron chi connectivity index (χ3n) is 2.79. The van der Waals surface area contributed by atoms with E-state index in [1.165, 1.54) is 30.3 Å². The van der Waals surface area contributed by atoms with Crippen molar-refractivity contribution < 1.29 is 23.5 Å². The fraction of sp³-hybridized carbons (Fsp3) is 0.125. The van der Waals surface area contributed by atoms with E-state index in [4.69, 9.17) is 15.2 Å². The van der Waals surface area contributed by atoms with E-state index < -0.39 is 17.7 Å². The third kappa shape index (κ3) is 4.31. The Balaban J connectivity index is 1.92. The Hall–Kier alpha value is -2.89. The highest BCUT2D eigenvalue weighted by molar-refractivity contribution is 5.89. The summed E-state index contributed by atoms with van der Waals surface area (Å²) in [4.78, 5) is 22.4. The second kappa shape index (κ2) is 7.21. The average Bonchev–Trinajstić information content (AvgIpc) is 2.52. The highest BCUT2D eigenvalue weighted by atomic mass is 19.1. The monoisotopic (exact) mass is 303 g/mol. The molecule has 0 aromatic heterocycles. The van der Waals surface area contributed by atoms with Gasteiger partial charge in [-0.15, -0.1) is 0 Å². The Morgan fingerprint density at radius 3 is 2.36 bits per heavy atom. The molecule has 2 rings (SSSR count). The number of hydrogen-bond acceptors (Lipinski definition) is 4. The van der Waals surface area contributed by atoms with Crippen LogP contribution in [0.3, 0.4) is 0 Å². The lowest BCUT2D eigenvalue weighted by Gasteiger charge is -2.07. The largest absolute Gasteiger partial charge is 0.484 e. The summed E-state index contributed by atoms with van der Waals surface area (Å²) in [7, 11) is 0. The number of carbonyl (C=O) groups is 2. The molecular weight excluding hydrogens is 289 g/mol. The summed E-state index contributed by atoms with van der Waals surface area (Å²) in [6, 6.07) is 12.1. The molecule has 1 amide bonds. The number of rotatable bonds is 6. The number of hydrogen-bond donors (Lipinski definition) is 1. The molecular formula is C16H14FNO4. The maximum atomic E-state index is 13.4. The first-order valence-corrected chi connectivity index (χ1v) is 6.48. The molecule has 2 aromatic rings. The number of nitrogens with two attached hydrogens (primary N) is 1. The second-order valence-corrected chi connectivity index (χ2v) is 4.45. The summed E-state index contributed by atoms with van der Waals surface area (Å²) in [5, 5.41) is 0. The molecule has 6 heteroatoms. The van der Waals surface area contributed by atoms with Crippen molar-refractivity contribution in [1.82, 2.24) is 0 Å². The molecule has 114 valence electrons. The van der Waals surface area contributed by atoms with Crippen LogP contribution < -0.4 is 10.5 Å². The van der Waals surface area contributed by atoms with Gasteiger partial charge < -0.3 is 15.2 Å². The topological polar surface area (TPSA) is 78.6 Å². The van der Waals surface area contributed by atoms with Crippen LogP contribution in [0.15, 0.2) is 48.5 Å². The number of esters is 1. The first-order chi connectivity index (χ1) is 10.6. The summed E-state index contributed by atoms with van der Waals surface area (Å²) in [6.45, 7) is -0.386. The zero-order valence-corrected chi connectivity index (χ0v) is 11.6. The van der Waals surface area contributed by atoms with Gasteiger partial charge in [0.15, 0.2) is 6.61 Å². The number of halogens is 1. The van der Waals surface area contributed by atoms with E-state index in [2.05, 4.69) is 0 Å². The lowest BCUT2D eigenvalue weighted by Crippen LogP contribution is -2.20. The van der Waals surface area contributed by atoms with Gasteiger partial charge in [0.25, 0.3) is 5.91 Å². The molecule has 0 unspecified atom stereocenters. The maximum Gasteiger partial charge on any atom is 0.338 e. The molecule has 0 saturated carbocycles. The van der Waals surface area contributed by atoms with Gasteiger partial charge in [-0.25, -0.2) is 9.18 Å². The minimum atomic E-state index is -0.589. The molecule has 0 aliphatic rings. The minimum absolute atomic E-state index is 0.147. The van der Waals surface area contributed by atoms with Gasteiger partial charge in [0.1, 0.15) is 18.2 Å². The Morgan fingerprint density at radius 1 is 1.05 bits per heavy atom. The van der Waals surface area contributed by atoms with Gasteiger partial charge in [0.2, 0.25) is 0 Å². The second-order valence-electron chi connectivity index (χ2n) is 4.45. The number of ether oxygens (including phenoxy) is 2. The highest BCUT2D eigenvalue weighted by Crippen LogP contribution is 2.14. The zero-order valence-electron chi connectivity index (χ0n) is 11.6. The van der Waals surface area contributed by atoms with Gasteiger partial charge in [0.05, 0.1) is 5.56 Å². The zero-order chi connectivity index (χ0) is 15.9. The first kappa shape index (κ1) is 15.5. The predicted molar refractivity (Wildman–Crippen MR) is 76.7 cm³/mol. The lowest BCUT2D eigenvalue weighted by molar-refractivity contribution is -0.119. The van der Waals surface area contributed by atoms with E-state index in [9.17, 15) is 14.0 Å². The van der Waals surface area contributed by atoms with Crippen LogP contribution in [0.1, 0.15) is 15.9 Å². The Labute approximate surface area is 126 Å². The summed E-state index contributed by atoms with van der Waals surface area (Å²) in [5.74, 6) is -1.19. The van der Waals surface area contributed by atoms with E-state index in [0.717, 1.165) is 0 Å². The highest BCUT2D eigenvalue weighted by Gasteiger charge is 2.09. The van der Waals surface area contributed by atoms with Crippen LogP contribution in [0.4, 0.5) is 4.39 Å². The van der Waals surface area contributed by atoms with Crippen molar-refractivity contribution >= 4 is 11.9 Å². The van der Waals surface area contributed by atoms with Gasteiger partial charge in [-0.05, 0) is 30.3 Å². The lowest BCUT2D eigenvalue weighted by atomic mass is 10.2. The van der Waals surface area contributed by atoms with E-state index in [1.54, 1.807) is 18.2 Å². The van der Waals surface area contributed by atoms with Crippen LogP contribution in [0.2, 0.25) is 0 Å². The third-order valence-corrected chi connectivity index (χ3v) is 2.79. The summed E-state index contributed by atoms with van der Waals surface area (Å²) < 4.78 is 23.5. The van der Waals surface area contributed by atoms with Gasteiger partial charge in [-0.3, -0.25) is 4.79 Å². The van der Waals surface area contributed by atoms with Crippen LogP contribution in [0.25, 0.3) is 0 Å². The number of carbonyl (C=O) groups excluding carboxylic acids is 2. The molecule has 0 aliphatic carbocycles. The molecule has 0 saturated heterocycles. The number of benzene rings is 2. The molecule has 0 aliphatic heterocycles. The van der Waals surface area contributed by atoms with E-state index in [1.807, 2.05) is 0 Å². The van der Waals surface area contributed by atoms with Crippen molar-refractivity contribution in [2.24, 2.45) is 5.73 Å². The van der Waals surface area contributed by atoms with E-state index in [-0.39, 0.29) is 13.2 Å². The molecule has 22 heavy (non-hydrogen) atoms. The van der Waals surface area contributed by atoms with Crippen molar-refractivity contribution in [2.75, 3.05) is 6.61 Å². The van der Waals surface area contributed by atoms with Crippen LogP contribution in [0, 0.1) is 5.82 Å². The van der Waals surface area contributed by atoms with Crippen LogP contribution in [0.5, 0.6) is 5.75 Å². The van der Waals surface area contributed by atoms with Crippen molar-refractivity contribution in [1.29, 1.82) is 0 Å². The molecule has 2 N–H and O–H groups in total. The standard InChI is InChI=1S/C16H14FNO4/c17-14-4-2-1-3-12(14)9-22-16(20)11-5-7-13(8-6-11)21-10-15(18)19/h1-8H,9-10H2,(H2,18,19). The molecule has 0 bridgehead atoms. The smallest absolute Gasteiger partial charge is 0.338 e. The molecule has 0 radical (unpaired) electrons. The van der Waals surface area contributed by atoms with Gasteiger partial charge >= 0.3 is 5.97 Å². The Bertz CT molecular complexity index is 670. The quantitative estimate of drug-likeness (QED) is 0.828. The van der Waals surface area contributed by atoms with Gasteiger partial charge in [-0.2, -0.15) is 0 Å². The normalized spacial score (nSPS) is 10.0. The van der Waals surface area contributed by atoms with Crippen molar-refractivity contribution in [3.8, 4) is 5.75 Å². The van der Waals surface area contributed by atoms with E-state index >= 15 is 0 Å². The average molecular weight is 303 g/mol. The summed E-state index contributed by atoms with van der Waals surface area (Å²) in [6.07, 6.45) is 0. The SMILES string of the molecule is NC(=O)COc1ccc(C(=O)OCc2ccccc2F)cc1. The molecule has 0 atom stereocenters. The maximum absolute atomic E-state index is 13.4. The van der Waals surface area contributed by atoms with Crippen LogP contribution in [-0.2, 0) is 16.1 Å². The van der Waals surface area contributed by atoms with Crippen molar-refractivity contribution in [3.05, 3.63) is 65.5 Å². The van der Waals surface area contributed by atoms with Crippen molar-refractivity contribution in [2.45, 2.75) is 6.61 Å². The molecule has 0 spiro atoms. The van der Waals surface area contributed by atoms with Gasteiger partial charge in [-0.1, -0.05) is 18.2 Å². The molecule has 0 fully saturated rings. The minimum Gasteiger partial charge on any atom is -0.484 e. The fourth-order valence-electron chi connectivity index (χ4n) is 1.68. The van der Waals surface area contributed by atoms with Crippen molar-refractivity contribution in [3.63, 3.8) is 0 Å². The van der Waals surface area contributed by atoms with Gasteiger partial charge in [0, 0.05) is 5.56 Å². The first-order valence-electron chi connectivity index (χ1n) is 6.48. The number of amides is 1. The molecule has 2 aromatic carbocycles. The fourth-order valence-corrected chi connectivity index (χ4v) is 1.68. The molecule has 0 heterocycles. The predicted octanol–water partition coefficient (Wildman–Crippen LogP) is 2.05. The van der Waals surface area contributed by atoms with Crippen LogP contribution >= 0.6 is 0 Å². The molecule has 5 nitrogen and oxygen atoms in total. The number of primary amides is 1. The summed E-state index contributed by atoms with van der Waals surface area (Å²) in [5.41, 5.74) is 5.55.